The van der Waals surface area contributed by atoms with E-state index in [1.807, 2.05) is 19.9 Å². The lowest BCUT2D eigenvalue weighted by Gasteiger charge is -2.19. The van der Waals surface area contributed by atoms with E-state index in [1.54, 1.807) is 12.1 Å². The van der Waals surface area contributed by atoms with Crippen molar-refractivity contribution in [3.8, 4) is 0 Å². The molecule has 0 atom stereocenters. The first kappa shape index (κ1) is 14.6. The van der Waals surface area contributed by atoms with Gasteiger partial charge in [-0.3, -0.25) is 4.31 Å². The molecule has 20 heavy (non-hydrogen) atoms. The Morgan fingerprint density at radius 2 is 2.15 bits per heavy atom. The maximum absolute atomic E-state index is 11.9. The van der Waals surface area contributed by atoms with Gasteiger partial charge in [0.05, 0.1) is 11.4 Å². The van der Waals surface area contributed by atoms with Crippen LogP contribution in [0, 0.1) is 6.92 Å². The fourth-order valence-corrected chi connectivity index (χ4v) is 3.71. The number of amides is 2. The smallest absolute Gasteiger partial charge is 0.319 e. The number of urea groups is 1. The summed E-state index contributed by atoms with van der Waals surface area (Å²) in [6, 6.07) is 4.98. The molecule has 0 unspecified atom stereocenters. The number of hydrogen-bond donors (Lipinski definition) is 2. The van der Waals surface area contributed by atoms with Gasteiger partial charge in [-0.2, -0.15) is 0 Å². The van der Waals surface area contributed by atoms with Crippen molar-refractivity contribution in [1.29, 1.82) is 0 Å². The fourth-order valence-electron chi connectivity index (χ4n) is 2.16. The van der Waals surface area contributed by atoms with Crippen molar-refractivity contribution in [3.63, 3.8) is 0 Å². The van der Waals surface area contributed by atoms with E-state index in [2.05, 4.69) is 10.6 Å². The number of carbonyl (C=O) groups excluding carboxylic acids is 1. The number of nitrogens with one attached hydrogen (secondary N) is 2. The Hall–Kier alpha value is -1.76. The molecule has 0 bridgehead atoms. The number of nitrogens with zero attached hydrogens (tertiary/aromatic N) is 1. The van der Waals surface area contributed by atoms with Gasteiger partial charge in [-0.05, 0) is 38.0 Å². The molecule has 2 rings (SSSR count). The number of benzene rings is 1. The molecule has 1 saturated heterocycles. The van der Waals surface area contributed by atoms with Crippen molar-refractivity contribution in [3.05, 3.63) is 23.8 Å². The SMILES string of the molecule is CCNC(=O)Nc1cc(N2CCCS2(=O)=O)ccc1C. The van der Waals surface area contributed by atoms with Crippen LogP contribution < -0.4 is 14.9 Å². The third kappa shape index (κ3) is 3.04. The number of rotatable bonds is 3. The summed E-state index contributed by atoms with van der Waals surface area (Å²) in [7, 11) is -3.20. The molecule has 6 nitrogen and oxygen atoms in total. The van der Waals surface area contributed by atoms with Gasteiger partial charge in [-0.15, -0.1) is 0 Å². The van der Waals surface area contributed by atoms with Gasteiger partial charge >= 0.3 is 6.03 Å². The monoisotopic (exact) mass is 297 g/mol. The van der Waals surface area contributed by atoms with Crippen LogP contribution in [0.25, 0.3) is 0 Å². The van der Waals surface area contributed by atoms with E-state index in [9.17, 15) is 13.2 Å². The highest BCUT2D eigenvalue weighted by molar-refractivity contribution is 7.93. The second kappa shape index (κ2) is 5.70. The van der Waals surface area contributed by atoms with Crippen LogP contribution in [0.3, 0.4) is 0 Å². The van der Waals surface area contributed by atoms with Crippen LogP contribution in [0.15, 0.2) is 18.2 Å². The Balaban J connectivity index is 2.27. The highest BCUT2D eigenvalue weighted by Gasteiger charge is 2.28. The van der Waals surface area contributed by atoms with Crippen LogP contribution in [0.2, 0.25) is 0 Å². The third-order valence-electron chi connectivity index (χ3n) is 3.19. The van der Waals surface area contributed by atoms with Gasteiger partial charge in [0.25, 0.3) is 0 Å². The highest BCUT2D eigenvalue weighted by atomic mass is 32.2. The quantitative estimate of drug-likeness (QED) is 0.891. The normalized spacial score (nSPS) is 17.0. The zero-order chi connectivity index (χ0) is 14.8. The molecular weight excluding hydrogens is 278 g/mol. The van der Waals surface area contributed by atoms with Gasteiger partial charge in [-0.25, -0.2) is 13.2 Å². The van der Waals surface area contributed by atoms with Crippen LogP contribution >= 0.6 is 0 Å². The van der Waals surface area contributed by atoms with E-state index < -0.39 is 10.0 Å². The summed E-state index contributed by atoms with van der Waals surface area (Å²) in [5, 5.41) is 5.38. The van der Waals surface area contributed by atoms with Crippen molar-refractivity contribution >= 4 is 27.4 Å². The molecule has 0 aliphatic carbocycles. The number of anilines is 2. The molecule has 1 aliphatic rings. The number of aryl methyl sites for hydroxylation is 1. The van der Waals surface area contributed by atoms with Crippen LogP contribution in [-0.4, -0.2) is 33.3 Å². The zero-order valence-corrected chi connectivity index (χ0v) is 12.5. The van der Waals surface area contributed by atoms with Crippen LogP contribution in [0.4, 0.5) is 16.2 Å². The summed E-state index contributed by atoms with van der Waals surface area (Å²) >= 11 is 0. The van der Waals surface area contributed by atoms with Crippen molar-refractivity contribution in [2.45, 2.75) is 20.3 Å². The number of hydrogen-bond acceptors (Lipinski definition) is 3. The second-order valence-electron chi connectivity index (χ2n) is 4.73. The van der Waals surface area contributed by atoms with E-state index in [0.717, 1.165) is 5.56 Å². The third-order valence-corrected chi connectivity index (χ3v) is 5.06. The van der Waals surface area contributed by atoms with Gasteiger partial charge in [0, 0.05) is 18.8 Å². The summed E-state index contributed by atoms with van der Waals surface area (Å²) in [6.45, 7) is 4.72. The first-order valence-electron chi connectivity index (χ1n) is 6.60. The van der Waals surface area contributed by atoms with Crippen molar-refractivity contribution in [2.75, 3.05) is 28.5 Å². The molecule has 7 heteroatoms. The predicted octanol–water partition coefficient (Wildman–Crippen LogP) is 1.68. The average Bonchev–Trinajstić information content (AvgIpc) is 2.72. The van der Waals surface area contributed by atoms with Crippen LogP contribution in [-0.2, 0) is 10.0 Å². The lowest BCUT2D eigenvalue weighted by molar-refractivity contribution is 0.252. The molecule has 0 aromatic heterocycles. The summed E-state index contributed by atoms with van der Waals surface area (Å²) in [5.74, 6) is 0.181. The molecule has 1 aromatic rings. The Morgan fingerprint density at radius 1 is 1.40 bits per heavy atom. The minimum atomic E-state index is -3.20. The van der Waals surface area contributed by atoms with Gasteiger partial charge in [0.15, 0.2) is 0 Å². The molecule has 110 valence electrons. The summed E-state index contributed by atoms with van der Waals surface area (Å²) in [6.07, 6.45) is 0.634. The van der Waals surface area contributed by atoms with Gasteiger partial charge in [0.1, 0.15) is 0 Å². The number of sulfonamides is 1. The van der Waals surface area contributed by atoms with E-state index in [4.69, 9.17) is 0 Å². The van der Waals surface area contributed by atoms with E-state index in [0.29, 0.717) is 30.9 Å². The largest absolute Gasteiger partial charge is 0.338 e. The average molecular weight is 297 g/mol. The summed E-state index contributed by atoms with van der Waals surface area (Å²) in [5.41, 5.74) is 2.10. The zero-order valence-electron chi connectivity index (χ0n) is 11.6. The summed E-state index contributed by atoms with van der Waals surface area (Å²) in [4.78, 5) is 11.6. The first-order valence-corrected chi connectivity index (χ1v) is 8.21. The van der Waals surface area contributed by atoms with Gasteiger partial charge < -0.3 is 10.6 Å². The topological polar surface area (TPSA) is 78.5 Å². The van der Waals surface area contributed by atoms with Crippen molar-refractivity contribution < 1.29 is 13.2 Å². The Kier molecular flexibility index (Phi) is 4.17. The molecule has 2 amide bonds. The molecule has 0 saturated carbocycles. The van der Waals surface area contributed by atoms with Crippen molar-refractivity contribution in [1.82, 2.24) is 5.32 Å². The van der Waals surface area contributed by atoms with E-state index in [-0.39, 0.29) is 11.8 Å². The first-order chi connectivity index (χ1) is 9.44. The maximum atomic E-state index is 11.9. The minimum Gasteiger partial charge on any atom is -0.338 e. The molecule has 0 radical (unpaired) electrons. The molecular formula is C13H19N3O3S. The van der Waals surface area contributed by atoms with Crippen molar-refractivity contribution in [2.24, 2.45) is 0 Å². The van der Waals surface area contributed by atoms with E-state index >= 15 is 0 Å². The van der Waals surface area contributed by atoms with Gasteiger partial charge in [-0.1, -0.05) is 6.07 Å². The minimum absolute atomic E-state index is 0.181. The molecule has 0 spiro atoms. The maximum Gasteiger partial charge on any atom is 0.319 e. The molecule has 2 N–H and O–H groups in total. The number of carbonyl (C=O) groups is 1. The lowest BCUT2D eigenvalue weighted by atomic mass is 10.2. The molecule has 1 aliphatic heterocycles. The lowest BCUT2D eigenvalue weighted by Crippen LogP contribution is -2.29. The van der Waals surface area contributed by atoms with Crippen LogP contribution in [0.5, 0.6) is 0 Å². The highest BCUT2D eigenvalue weighted by Crippen LogP contribution is 2.28. The molecule has 1 heterocycles. The predicted molar refractivity (Wildman–Crippen MR) is 79.6 cm³/mol. The Bertz CT molecular complexity index is 613. The summed E-state index contributed by atoms with van der Waals surface area (Å²) < 4.78 is 25.2. The Morgan fingerprint density at radius 3 is 2.75 bits per heavy atom. The van der Waals surface area contributed by atoms with Gasteiger partial charge in [0.2, 0.25) is 10.0 Å². The molecule has 1 aromatic carbocycles. The van der Waals surface area contributed by atoms with Crippen LogP contribution in [0.1, 0.15) is 18.9 Å². The standard InChI is InChI=1S/C13H19N3O3S/c1-3-14-13(17)15-12-9-11(6-5-10(12)2)16-7-4-8-20(16,18)19/h5-6,9H,3-4,7-8H2,1-2H3,(H2,14,15,17). The molecule has 1 fully saturated rings. The fraction of sp³-hybridized carbons (Fsp3) is 0.462. The second-order valence-corrected chi connectivity index (χ2v) is 6.74. The van der Waals surface area contributed by atoms with E-state index in [1.165, 1.54) is 4.31 Å². The Labute approximate surface area is 119 Å².